The molecule has 2 amide bonds. The lowest BCUT2D eigenvalue weighted by Crippen LogP contribution is -2.38. The summed E-state index contributed by atoms with van der Waals surface area (Å²) in [4.78, 5) is 27.2. The van der Waals surface area contributed by atoms with Crippen molar-refractivity contribution in [1.29, 1.82) is 0 Å². The van der Waals surface area contributed by atoms with Crippen molar-refractivity contribution in [1.82, 2.24) is 0 Å². The maximum atomic E-state index is 13.6. The van der Waals surface area contributed by atoms with Gasteiger partial charge >= 0.3 is 0 Å². The summed E-state index contributed by atoms with van der Waals surface area (Å²) in [6.45, 7) is 6.34. The van der Waals surface area contributed by atoms with Crippen molar-refractivity contribution in [2.24, 2.45) is 0 Å². The summed E-state index contributed by atoms with van der Waals surface area (Å²) in [6, 6.07) is 18.4. The molecule has 1 saturated heterocycles. The summed E-state index contributed by atoms with van der Waals surface area (Å²) in [5.74, 6) is 0.115. The van der Waals surface area contributed by atoms with Crippen molar-refractivity contribution in [3.05, 3.63) is 77.9 Å². The van der Waals surface area contributed by atoms with E-state index >= 15 is 0 Å². The van der Waals surface area contributed by atoms with E-state index in [0.29, 0.717) is 36.7 Å². The number of amides is 2. The fraction of sp³-hybridized carbons (Fsp3) is 0.286. The largest absolute Gasteiger partial charge is 0.494 e. The molecule has 3 aromatic carbocycles. The van der Waals surface area contributed by atoms with Crippen LogP contribution in [0.5, 0.6) is 5.75 Å². The fourth-order valence-electron chi connectivity index (χ4n) is 4.24. The van der Waals surface area contributed by atoms with Crippen LogP contribution in [0.4, 0.5) is 17.1 Å². The monoisotopic (exact) mass is 521 g/mol. The van der Waals surface area contributed by atoms with E-state index in [1.165, 1.54) is 12.1 Å². The van der Waals surface area contributed by atoms with Gasteiger partial charge in [-0.05, 0) is 81.3 Å². The molecule has 0 saturated carbocycles. The Hall–Kier alpha value is -3.85. The second-order valence-corrected chi connectivity index (χ2v) is 10.8. The van der Waals surface area contributed by atoms with Gasteiger partial charge < -0.3 is 15.0 Å². The zero-order valence-electron chi connectivity index (χ0n) is 21.2. The number of ether oxygens (including phenoxy) is 1. The smallest absolute Gasteiger partial charge is 0.264 e. The van der Waals surface area contributed by atoms with Crippen molar-refractivity contribution >= 4 is 38.9 Å². The quantitative estimate of drug-likeness (QED) is 0.442. The molecule has 8 nitrogen and oxygen atoms in total. The Labute approximate surface area is 217 Å². The predicted octanol–water partition coefficient (Wildman–Crippen LogP) is 4.66. The van der Waals surface area contributed by atoms with E-state index in [0.717, 1.165) is 27.5 Å². The molecule has 9 heteroatoms. The Bertz CT molecular complexity index is 1390. The Balaban J connectivity index is 1.60. The molecule has 0 aliphatic carbocycles. The van der Waals surface area contributed by atoms with Crippen molar-refractivity contribution in [2.75, 3.05) is 34.2 Å². The molecule has 1 N–H and O–H groups in total. The number of anilines is 3. The minimum Gasteiger partial charge on any atom is -0.494 e. The SMILES string of the molecule is CCOc1ccc(S(=O)(=O)N(CC(=O)Nc2ccc(C)c(N3CCCC3=O)c2)c2ccc(C)cc2)cc1. The van der Waals surface area contributed by atoms with E-state index < -0.39 is 22.5 Å². The fourth-order valence-corrected chi connectivity index (χ4v) is 5.66. The van der Waals surface area contributed by atoms with Gasteiger partial charge in [0.25, 0.3) is 10.0 Å². The molecule has 37 heavy (non-hydrogen) atoms. The van der Waals surface area contributed by atoms with Gasteiger partial charge in [-0.25, -0.2) is 8.42 Å². The minimum atomic E-state index is -4.06. The second kappa shape index (κ2) is 11.0. The summed E-state index contributed by atoms with van der Waals surface area (Å²) < 4.78 is 33.8. The van der Waals surface area contributed by atoms with Gasteiger partial charge in [-0.3, -0.25) is 13.9 Å². The van der Waals surface area contributed by atoms with E-state index in [4.69, 9.17) is 4.74 Å². The molecular formula is C28H31N3O5S. The number of hydrogen-bond acceptors (Lipinski definition) is 5. The van der Waals surface area contributed by atoms with Crippen LogP contribution in [0, 0.1) is 13.8 Å². The molecule has 0 atom stereocenters. The van der Waals surface area contributed by atoms with Crippen LogP contribution in [0.15, 0.2) is 71.6 Å². The summed E-state index contributed by atoms with van der Waals surface area (Å²) >= 11 is 0. The first kappa shape index (κ1) is 26.2. The van der Waals surface area contributed by atoms with E-state index in [9.17, 15) is 18.0 Å². The van der Waals surface area contributed by atoms with Crippen LogP contribution in [0.25, 0.3) is 0 Å². The summed E-state index contributed by atoms with van der Waals surface area (Å²) in [7, 11) is -4.06. The molecule has 1 aliphatic heterocycles. The number of carbonyl (C=O) groups excluding carboxylic acids is 2. The molecule has 4 rings (SSSR count). The molecule has 0 bridgehead atoms. The Morgan fingerprint density at radius 2 is 1.73 bits per heavy atom. The van der Waals surface area contributed by atoms with Crippen LogP contribution in [0.2, 0.25) is 0 Å². The number of carbonyl (C=O) groups is 2. The third kappa shape index (κ3) is 5.94. The van der Waals surface area contributed by atoms with Crippen LogP contribution in [0.3, 0.4) is 0 Å². The van der Waals surface area contributed by atoms with Gasteiger partial charge in [0.2, 0.25) is 11.8 Å². The lowest BCUT2D eigenvalue weighted by atomic mass is 10.1. The Morgan fingerprint density at radius 1 is 1.03 bits per heavy atom. The average Bonchev–Trinajstić information content (AvgIpc) is 3.30. The summed E-state index contributed by atoms with van der Waals surface area (Å²) in [6.07, 6.45) is 1.30. The summed E-state index contributed by atoms with van der Waals surface area (Å²) in [5.41, 5.74) is 3.51. The van der Waals surface area contributed by atoms with E-state index in [1.54, 1.807) is 53.4 Å². The van der Waals surface area contributed by atoms with Crippen LogP contribution in [-0.2, 0) is 19.6 Å². The van der Waals surface area contributed by atoms with Crippen molar-refractivity contribution in [3.8, 4) is 5.75 Å². The molecule has 0 radical (unpaired) electrons. The molecule has 1 aliphatic rings. The number of sulfonamides is 1. The number of nitrogens with zero attached hydrogens (tertiary/aromatic N) is 2. The molecule has 194 valence electrons. The van der Waals surface area contributed by atoms with Crippen molar-refractivity contribution < 1.29 is 22.7 Å². The van der Waals surface area contributed by atoms with Gasteiger partial charge in [-0.15, -0.1) is 0 Å². The second-order valence-electron chi connectivity index (χ2n) is 8.95. The molecule has 0 aromatic heterocycles. The maximum Gasteiger partial charge on any atom is 0.264 e. The number of benzene rings is 3. The first-order valence-electron chi connectivity index (χ1n) is 12.2. The standard InChI is InChI=1S/C28H31N3O5S/c1-4-36-24-13-15-25(16-14-24)37(34,35)31(23-11-7-20(2)8-12-23)19-27(32)29-22-10-9-21(3)26(18-22)30-17-5-6-28(30)33/h7-16,18H,4-6,17,19H2,1-3H3,(H,29,32). The zero-order chi connectivity index (χ0) is 26.6. The van der Waals surface area contributed by atoms with E-state index in [-0.39, 0.29) is 10.8 Å². The van der Waals surface area contributed by atoms with Crippen LogP contribution >= 0.6 is 0 Å². The van der Waals surface area contributed by atoms with Crippen LogP contribution in [0.1, 0.15) is 30.9 Å². The lowest BCUT2D eigenvalue weighted by Gasteiger charge is -2.25. The number of aryl methyl sites for hydroxylation is 2. The zero-order valence-corrected chi connectivity index (χ0v) is 22.0. The highest BCUT2D eigenvalue weighted by Crippen LogP contribution is 2.29. The van der Waals surface area contributed by atoms with E-state index in [2.05, 4.69) is 5.32 Å². The molecule has 1 fully saturated rings. The number of nitrogens with one attached hydrogen (secondary N) is 1. The topological polar surface area (TPSA) is 96.0 Å². The first-order chi connectivity index (χ1) is 17.7. The lowest BCUT2D eigenvalue weighted by molar-refractivity contribution is -0.117. The Morgan fingerprint density at radius 3 is 2.35 bits per heavy atom. The van der Waals surface area contributed by atoms with E-state index in [1.807, 2.05) is 26.8 Å². The van der Waals surface area contributed by atoms with Crippen LogP contribution < -0.4 is 19.3 Å². The molecular weight excluding hydrogens is 490 g/mol. The molecule has 3 aromatic rings. The Kier molecular flexibility index (Phi) is 7.83. The highest BCUT2D eigenvalue weighted by atomic mass is 32.2. The highest BCUT2D eigenvalue weighted by molar-refractivity contribution is 7.92. The van der Waals surface area contributed by atoms with Crippen LogP contribution in [-0.4, -0.2) is 39.9 Å². The van der Waals surface area contributed by atoms with Gasteiger partial charge in [0.15, 0.2) is 0 Å². The van der Waals surface area contributed by atoms with Crippen molar-refractivity contribution in [2.45, 2.75) is 38.5 Å². The van der Waals surface area contributed by atoms with Gasteiger partial charge in [0.1, 0.15) is 12.3 Å². The van der Waals surface area contributed by atoms with Gasteiger partial charge in [0.05, 0.1) is 17.2 Å². The highest BCUT2D eigenvalue weighted by Gasteiger charge is 2.28. The number of hydrogen-bond donors (Lipinski definition) is 1. The molecule has 0 spiro atoms. The van der Waals surface area contributed by atoms with Gasteiger partial charge in [0, 0.05) is 24.3 Å². The third-order valence-electron chi connectivity index (χ3n) is 6.19. The molecule has 0 unspecified atom stereocenters. The summed E-state index contributed by atoms with van der Waals surface area (Å²) in [5, 5.41) is 2.81. The minimum absolute atomic E-state index is 0.0505. The van der Waals surface area contributed by atoms with Crippen molar-refractivity contribution in [3.63, 3.8) is 0 Å². The maximum absolute atomic E-state index is 13.6. The average molecular weight is 522 g/mol. The number of rotatable bonds is 9. The van der Waals surface area contributed by atoms with Gasteiger partial charge in [-0.2, -0.15) is 0 Å². The predicted molar refractivity (Wildman–Crippen MR) is 145 cm³/mol. The molecule has 1 heterocycles. The first-order valence-corrected chi connectivity index (χ1v) is 13.7. The van der Waals surface area contributed by atoms with Gasteiger partial charge in [-0.1, -0.05) is 23.8 Å². The third-order valence-corrected chi connectivity index (χ3v) is 7.98. The normalized spacial score (nSPS) is 13.5.